The Morgan fingerprint density at radius 1 is 1.30 bits per heavy atom. The van der Waals surface area contributed by atoms with Crippen molar-refractivity contribution in [3.63, 3.8) is 0 Å². The molecule has 2 N–H and O–H groups in total. The average Bonchev–Trinajstić information content (AvgIpc) is 2.53. The first kappa shape index (κ1) is 14.7. The molecule has 1 aliphatic rings. The molecule has 2 heterocycles. The summed E-state index contributed by atoms with van der Waals surface area (Å²) in [6.45, 7) is 1.65. The second-order valence-electron chi connectivity index (χ2n) is 5.12. The molecule has 1 aromatic heterocycles. The Hall–Kier alpha value is -3.20. The molecule has 1 aliphatic heterocycles. The van der Waals surface area contributed by atoms with Crippen molar-refractivity contribution in [1.29, 1.82) is 5.26 Å². The van der Waals surface area contributed by atoms with E-state index in [9.17, 15) is 10.1 Å². The topological polar surface area (TPSA) is 98.5 Å². The van der Waals surface area contributed by atoms with Crippen LogP contribution in [-0.4, -0.2) is 7.11 Å². The van der Waals surface area contributed by atoms with E-state index in [2.05, 4.69) is 0 Å². The van der Waals surface area contributed by atoms with E-state index in [0.29, 0.717) is 17.3 Å². The first-order chi connectivity index (χ1) is 11.0. The third-order valence-electron chi connectivity index (χ3n) is 3.71. The maximum Gasteiger partial charge on any atom is 0.343 e. The molecule has 0 fully saturated rings. The fraction of sp³-hybridized carbons (Fsp3) is 0.176. The Morgan fingerprint density at radius 2 is 2.00 bits per heavy atom. The third kappa shape index (κ3) is 2.42. The quantitative estimate of drug-likeness (QED) is 0.912. The van der Waals surface area contributed by atoms with Gasteiger partial charge in [-0.3, -0.25) is 0 Å². The van der Waals surface area contributed by atoms with Crippen LogP contribution < -0.4 is 20.8 Å². The predicted octanol–water partition coefficient (Wildman–Crippen LogP) is 2.17. The summed E-state index contributed by atoms with van der Waals surface area (Å²) in [6.07, 6.45) is 0. The van der Waals surface area contributed by atoms with Crippen LogP contribution in [0.5, 0.6) is 11.5 Å². The summed E-state index contributed by atoms with van der Waals surface area (Å²) in [5, 5.41) is 9.44. The first-order valence-corrected chi connectivity index (χ1v) is 6.91. The number of benzene rings is 1. The van der Waals surface area contributed by atoms with Gasteiger partial charge in [-0.15, -0.1) is 0 Å². The van der Waals surface area contributed by atoms with Gasteiger partial charge in [0.05, 0.1) is 18.6 Å². The average molecular weight is 310 g/mol. The Kier molecular flexibility index (Phi) is 3.54. The van der Waals surface area contributed by atoms with Gasteiger partial charge >= 0.3 is 5.63 Å². The van der Waals surface area contributed by atoms with Crippen molar-refractivity contribution in [3.05, 3.63) is 69.1 Å². The number of rotatable bonds is 2. The Morgan fingerprint density at radius 3 is 2.61 bits per heavy atom. The molecule has 6 nitrogen and oxygen atoms in total. The lowest BCUT2D eigenvalue weighted by Crippen LogP contribution is -2.26. The van der Waals surface area contributed by atoms with Crippen molar-refractivity contribution in [2.45, 2.75) is 12.8 Å². The molecule has 116 valence electrons. The van der Waals surface area contributed by atoms with Crippen molar-refractivity contribution < 1.29 is 13.9 Å². The van der Waals surface area contributed by atoms with Crippen LogP contribution in [0.3, 0.4) is 0 Å². The molecule has 2 aromatic rings. The molecule has 1 atom stereocenters. The number of ether oxygens (including phenoxy) is 2. The number of nitriles is 1. The molecule has 23 heavy (non-hydrogen) atoms. The van der Waals surface area contributed by atoms with Crippen molar-refractivity contribution in [2.24, 2.45) is 5.73 Å². The standard InChI is InChI=1S/C17H14N2O4/c1-9-7-13-15(17(20)22-9)14(12(8-18)16(19)23-13)10-3-5-11(21-2)6-4-10/h3-7,14H,19H2,1-2H3. The summed E-state index contributed by atoms with van der Waals surface area (Å²) in [6, 6.07) is 10.7. The zero-order valence-corrected chi connectivity index (χ0v) is 12.6. The zero-order chi connectivity index (χ0) is 16.6. The van der Waals surface area contributed by atoms with E-state index >= 15 is 0 Å². The van der Waals surface area contributed by atoms with Gasteiger partial charge in [0, 0.05) is 6.07 Å². The Labute approximate surface area is 132 Å². The molecule has 0 saturated heterocycles. The fourth-order valence-corrected chi connectivity index (χ4v) is 2.65. The van der Waals surface area contributed by atoms with Gasteiger partial charge in [-0.2, -0.15) is 5.26 Å². The molecule has 3 rings (SSSR count). The second-order valence-corrected chi connectivity index (χ2v) is 5.12. The minimum atomic E-state index is -0.633. The summed E-state index contributed by atoms with van der Waals surface area (Å²) in [4.78, 5) is 12.3. The van der Waals surface area contributed by atoms with Crippen molar-refractivity contribution in [3.8, 4) is 17.6 Å². The lowest BCUT2D eigenvalue weighted by molar-refractivity contribution is 0.371. The van der Waals surface area contributed by atoms with Crippen molar-refractivity contribution in [2.75, 3.05) is 7.11 Å². The summed E-state index contributed by atoms with van der Waals surface area (Å²) < 4.78 is 15.7. The number of aryl methyl sites for hydroxylation is 1. The molecular formula is C17H14N2O4. The lowest BCUT2D eigenvalue weighted by atomic mass is 9.84. The summed E-state index contributed by atoms with van der Waals surface area (Å²) >= 11 is 0. The predicted molar refractivity (Wildman–Crippen MR) is 82.0 cm³/mol. The summed E-state index contributed by atoms with van der Waals surface area (Å²) in [5.41, 5.74) is 6.50. The summed E-state index contributed by atoms with van der Waals surface area (Å²) in [7, 11) is 1.56. The number of fused-ring (bicyclic) bond motifs is 1. The normalized spacial score (nSPS) is 16.3. The molecule has 1 unspecified atom stereocenters. The largest absolute Gasteiger partial charge is 0.497 e. The minimum absolute atomic E-state index is 0.00850. The van der Waals surface area contributed by atoms with Gasteiger partial charge in [-0.25, -0.2) is 4.79 Å². The molecule has 6 heteroatoms. The number of nitrogens with two attached hydrogens (primary N) is 1. The van der Waals surface area contributed by atoms with E-state index < -0.39 is 11.5 Å². The maximum absolute atomic E-state index is 12.3. The zero-order valence-electron chi connectivity index (χ0n) is 12.6. The van der Waals surface area contributed by atoms with E-state index in [0.717, 1.165) is 5.56 Å². The Balaban J connectivity index is 2.24. The molecule has 0 spiro atoms. The number of hydrogen-bond donors (Lipinski definition) is 1. The smallest absolute Gasteiger partial charge is 0.343 e. The van der Waals surface area contributed by atoms with Gasteiger partial charge in [-0.1, -0.05) is 12.1 Å². The molecule has 0 radical (unpaired) electrons. The fourth-order valence-electron chi connectivity index (χ4n) is 2.65. The molecule has 0 bridgehead atoms. The second kappa shape index (κ2) is 5.54. The third-order valence-corrected chi connectivity index (χ3v) is 3.71. The number of nitrogens with zero attached hydrogens (tertiary/aromatic N) is 1. The van der Waals surface area contributed by atoms with Gasteiger partial charge in [0.1, 0.15) is 28.9 Å². The lowest BCUT2D eigenvalue weighted by Gasteiger charge is -2.25. The highest BCUT2D eigenvalue weighted by Crippen LogP contribution is 2.40. The van der Waals surface area contributed by atoms with E-state index in [1.54, 1.807) is 44.4 Å². The monoisotopic (exact) mass is 310 g/mol. The van der Waals surface area contributed by atoms with Crippen LogP contribution in [0.15, 0.2) is 51.0 Å². The molecule has 0 aliphatic carbocycles. The molecule has 0 saturated carbocycles. The van der Waals surface area contributed by atoms with E-state index in [4.69, 9.17) is 19.6 Å². The van der Waals surface area contributed by atoms with Crippen molar-refractivity contribution >= 4 is 0 Å². The van der Waals surface area contributed by atoms with Crippen LogP contribution in [0.4, 0.5) is 0 Å². The minimum Gasteiger partial charge on any atom is -0.497 e. The SMILES string of the molecule is COc1ccc(C2C(C#N)=C(N)Oc3cc(C)oc(=O)c32)cc1. The van der Waals surface area contributed by atoms with Gasteiger partial charge in [0.15, 0.2) is 0 Å². The van der Waals surface area contributed by atoms with Gasteiger partial charge in [0.25, 0.3) is 0 Å². The van der Waals surface area contributed by atoms with Gasteiger partial charge < -0.3 is 19.6 Å². The molecule has 0 amide bonds. The number of methoxy groups -OCH3 is 1. The van der Waals surface area contributed by atoms with Gasteiger partial charge in [0.2, 0.25) is 5.88 Å². The van der Waals surface area contributed by atoms with Crippen LogP contribution >= 0.6 is 0 Å². The highest BCUT2D eigenvalue weighted by atomic mass is 16.5. The van der Waals surface area contributed by atoms with Crippen LogP contribution in [0.2, 0.25) is 0 Å². The molecular weight excluding hydrogens is 296 g/mol. The van der Waals surface area contributed by atoms with Crippen LogP contribution in [-0.2, 0) is 0 Å². The van der Waals surface area contributed by atoms with E-state index in [1.807, 2.05) is 6.07 Å². The van der Waals surface area contributed by atoms with Crippen molar-refractivity contribution in [1.82, 2.24) is 0 Å². The first-order valence-electron chi connectivity index (χ1n) is 6.91. The van der Waals surface area contributed by atoms with Crippen LogP contribution in [0.1, 0.15) is 22.8 Å². The highest BCUT2D eigenvalue weighted by molar-refractivity contribution is 5.54. The maximum atomic E-state index is 12.3. The van der Waals surface area contributed by atoms with Crippen LogP contribution in [0.25, 0.3) is 0 Å². The van der Waals surface area contributed by atoms with Crippen LogP contribution in [0, 0.1) is 18.3 Å². The highest BCUT2D eigenvalue weighted by Gasteiger charge is 2.34. The van der Waals surface area contributed by atoms with E-state index in [1.165, 1.54) is 0 Å². The summed E-state index contributed by atoms with van der Waals surface area (Å²) in [5.74, 6) is 0.760. The Bertz CT molecular complexity index is 888. The number of allylic oxidation sites excluding steroid dienone is 1. The molecule has 1 aromatic carbocycles. The van der Waals surface area contributed by atoms with E-state index in [-0.39, 0.29) is 17.0 Å². The number of hydrogen-bond acceptors (Lipinski definition) is 6. The van der Waals surface area contributed by atoms with Gasteiger partial charge in [-0.05, 0) is 24.6 Å².